The summed E-state index contributed by atoms with van der Waals surface area (Å²) in [5, 5.41) is 8.66. The molecule has 0 aromatic rings. The van der Waals surface area contributed by atoms with Crippen LogP contribution in [0.1, 0.15) is 12.8 Å². The Hall–Kier alpha value is -0.790. The van der Waals surface area contributed by atoms with Gasteiger partial charge in [-0.05, 0) is 24.7 Å². The number of rotatable bonds is 1. The topological polar surface area (TPSA) is 37.3 Å². The van der Waals surface area contributed by atoms with Crippen LogP contribution in [-0.2, 0) is 4.79 Å². The normalized spacial score (nSPS) is 42.6. The van der Waals surface area contributed by atoms with Gasteiger partial charge in [0.25, 0.3) is 0 Å². The molecule has 0 saturated heterocycles. The highest BCUT2D eigenvalue weighted by Crippen LogP contribution is 2.53. The summed E-state index contributed by atoms with van der Waals surface area (Å²) in [6.45, 7) is 0. The first-order valence-corrected chi connectivity index (χ1v) is 3.68. The van der Waals surface area contributed by atoms with Gasteiger partial charge in [0, 0.05) is 0 Å². The minimum atomic E-state index is -0.598. The van der Waals surface area contributed by atoms with Crippen molar-refractivity contribution in [1.29, 1.82) is 0 Å². The molecule has 0 aliphatic heterocycles. The van der Waals surface area contributed by atoms with E-state index in [0.29, 0.717) is 11.8 Å². The van der Waals surface area contributed by atoms with E-state index in [9.17, 15) is 4.79 Å². The third-order valence-electron chi connectivity index (χ3n) is 2.60. The minimum Gasteiger partial charge on any atom is -0.481 e. The van der Waals surface area contributed by atoms with Crippen molar-refractivity contribution in [1.82, 2.24) is 0 Å². The first kappa shape index (κ1) is 5.96. The van der Waals surface area contributed by atoms with Crippen LogP contribution in [0.15, 0.2) is 12.2 Å². The summed E-state index contributed by atoms with van der Waals surface area (Å²) in [4.78, 5) is 10.5. The van der Waals surface area contributed by atoms with Gasteiger partial charge in [-0.3, -0.25) is 4.79 Å². The van der Waals surface area contributed by atoms with Crippen molar-refractivity contribution in [3.63, 3.8) is 0 Å². The molecule has 2 rings (SSSR count). The number of hydrogen-bond acceptors (Lipinski definition) is 1. The van der Waals surface area contributed by atoms with Crippen molar-refractivity contribution in [2.24, 2.45) is 17.8 Å². The van der Waals surface area contributed by atoms with E-state index in [-0.39, 0.29) is 5.92 Å². The monoisotopic (exact) mass is 138 g/mol. The first-order valence-electron chi connectivity index (χ1n) is 3.68. The van der Waals surface area contributed by atoms with E-state index in [1.54, 1.807) is 0 Å². The number of carboxylic acids is 1. The van der Waals surface area contributed by atoms with Crippen molar-refractivity contribution in [3.8, 4) is 0 Å². The summed E-state index contributed by atoms with van der Waals surface area (Å²) >= 11 is 0. The standard InChI is InChI=1S/C8H10O2/c9-8(10)7-5-3-1-2-4-6(5)7/h1-2,5-7H,3-4H2,(H,9,10). The van der Waals surface area contributed by atoms with Gasteiger partial charge in [-0.2, -0.15) is 0 Å². The van der Waals surface area contributed by atoms with Gasteiger partial charge in [-0.25, -0.2) is 0 Å². The zero-order chi connectivity index (χ0) is 7.14. The summed E-state index contributed by atoms with van der Waals surface area (Å²) in [7, 11) is 0. The van der Waals surface area contributed by atoms with Gasteiger partial charge < -0.3 is 5.11 Å². The van der Waals surface area contributed by atoms with E-state index in [4.69, 9.17) is 5.11 Å². The van der Waals surface area contributed by atoms with Crippen molar-refractivity contribution >= 4 is 5.97 Å². The lowest BCUT2D eigenvalue weighted by molar-refractivity contribution is -0.139. The molecule has 0 aromatic heterocycles. The van der Waals surface area contributed by atoms with E-state index in [1.807, 2.05) is 0 Å². The highest BCUT2D eigenvalue weighted by atomic mass is 16.4. The molecule has 0 spiro atoms. The van der Waals surface area contributed by atoms with Crippen molar-refractivity contribution in [2.75, 3.05) is 0 Å². The predicted octanol–water partition coefficient (Wildman–Crippen LogP) is 1.28. The molecule has 1 saturated carbocycles. The number of carboxylic acid groups (broad SMARTS) is 1. The molecule has 2 nitrogen and oxygen atoms in total. The van der Waals surface area contributed by atoms with Crippen LogP contribution in [-0.4, -0.2) is 11.1 Å². The summed E-state index contributed by atoms with van der Waals surface area (Å²) in [5.41, 5.74) is 0. The van der Waals surface area contributed by atoms with E-state index in [2.05, 4.69) is 12.2 Å². The Bertz CT molecular complexity index is 181. The quantitative estimate of drug-likeness (QED) is 0.554. The predicted molar refractivity (Wildman–Crippen MR) is 36.5 cm³/mol. The van der Waals surface area contributed by atoms with Gasteiger partial charge >= 0.3 is 5.97 Å². The van der Waals surface area contributed by atoms with Gasteiger partial charge in [-0.15, -0.1) is 0 Å². The molecule has 54 valence electrons. The lowest BCUT2D eigenvalue weighted by Gasteiger charge is -1.96. The smallest absolute Gasteiger partial charge is 0.307 e. The van der Waals surface area contributed by atoms with Crippen LogP contribution in [0.4, 0.5) is 0 Å². The molecule has 0 amide bonds. The Morgan fingerprint density at radius 1 is 1.30 bits per heavy atom. The van der Waals surface area contributed by atoms with E-state index < -0.39 is 5.97 Å². The summed E-state index contributed by atoms with van der Waals surface area (Å²) < 4.78 is 0. The second-order valence-corrected chi connectivity index (χ2v) is 3.13. The van der Waals surface area contributed by atoms with Crippen molar-refractivity contribution in [3.05, 3.63) is 12.2 Å². The van der Waals surface area contributed by atoms with Crippen LogP contribution in [0.3, 0.4) is 0 Å². The molecule has 2 heteroatoms. The fourth-order valence-corrected chi connectivity index (χ4v) is 1.96. The zero-order valence-electron chi connectivity index (χ0n) is 5.66. The summed E-state index contributed by atoms with van der Waals surface area (Å²) in [5.74, 6) is 0.332. The molecular formula is C8H10O2. The van der Waals surface area contributed by atoms with Gasteiger partial charge in [0.05, 0.1) is 5.92 Å². The number of aliphatic carboxylic acids is 1. The van der Waals surface area contributed by atoms with Crippen molar-refractivity contribution in [2.45, 2.75) is 12.8 Å². The third-order valence-corrected chi connectivity index (χ3v) is 2.60. The molecular weight excluding hydrogens is 128 g/mol. The van der Waals surface area contributed by atoms with Gasteiger partial charge in [0.15, 0.2) is 0 Å². The van der Waals surface area contributed by atoms with Gasteiger partial charge in [-0.1, -0.05) is 12.2 Å². The lowest BCUT2D eigenvalue weighted by atomic mass is 10.1. The molecule has 10 heavy (non-hydrogen) atoms. The molecule has 1 N–H and O–H groups in total. The number of fused-ring (bicyclic) bond motifs is 1. The number of allylic oxidation sites excluding steroid dienone is 2. The average Bonchev–Trinajstić information content (AvgIpc) is 2.60. The molecule has 1 fully saturated rings. The van der Waals surface area contributed by atoms with Gasteiger partial charge in [0.1, 0.15) is 0 Å². The second kappa shape index (κ2) is 1.84. The summed E-state index contributed by atoms with van der Waals surface area (Å²) in [6.07, 6.45) is 6.18. The Kier molecular flexibility index (Phi) is 1.10. The molecule has 2 atom stereocenters. The maximum atomic E-state index is 10.5. The Balaban J connectivity index is 2.04. The van der Waals surface area contributed by atoms with Crippen molar-refractivity contribution < 1.29 is 9.90 Å². The third kappa shape index (κ3) is 0.681. The van der Waals surface area contributed by atoms with Gasteiger partial charge in [0.2, 0.25) is 0 Å². The highest BCUT2D eigenvalue weighted by molar-refractivity contribution is 5.74. The largest absolute Gasteiger partial charge is 0.481 e. The Morgan fingerprint density at radius 3 is 2.20 bits per heavy atom. The Morgan fingerprint density at radius 2 is 1.80 bits per heavy atom. The second-order valence-electron chi connectivity index (χ2n) is 3.13. The number of hydrogen-bond donors (Lipinski definition) is 1. The van der Waals surface area contributed by atoms with Crippen LogP contribution < -0.4 is 0 Å². The first-order chi connectivity index (χ1) is 4.80. The number of carbonyl (C=O) groups is 1. The lowest BCUT2D eigenvalue weighted by Crippen LogP contribution is -1.99. The van der Waals surface area contributed by atoms with Crippen LogP contribution >= 0.6 is 0 Å². The Labute approximate surface area is 59.5 Å². The molecule has 0 bridgehead atoms. The van der Waals surface area contributed by atoms with Crippen LogP contribution in [0, 0.1) is 17.8 Å². The zero-order valence-corrected chi connectivity index (χ0v) is 5.66. The van der Waals surface area contributed by atoms with Crippen LogP contribution in [0.5, 0.6) is 0 Å². The fraction of sp³-hybridized carbons (Fsp3) is 0.625. The maximum Gasteiger partial charge on any atom is 0.307 e. The molecule has 2 aliphatic carbocycles. The molecule has 2 aliphatic rings. The minimum absolute atomic E-state index is 0.0185. The molecule has 0 aromatic carbocycles. The fourth-order valence-electron chi connectivity index (χ4n) is 1.96. The average molecular weight is 138 g/mol. The van der Waals surface area contributed by atoms with Crippen LogP contribution in [0.25, 0.3) is 0 Å². The van der Waals surface area contributed by atoms with E-state index in [0.717, 1.165) is 12.8 Å². The molecule has 0 radical (unpaired) electrons. The SMILES string of the molecule is O=C(O)C1C2CC=CCC21. The molecule has 2 unspecified atom stereocenters. The van der Waals surface area contributed by atoms with E-state index in [1.165, 1.54) is 0 Å². The maximum absolute atomic E-state index is 10.5. The van der Waals surface area contributed by atoms with E-state index >= 15 is 0 Å². The van der Waals surface area contributed by atoms with Crippen LogP contribution in [0.2, 0.25) is 0 Å². The highest BCUT2D eigenvalue weighted by Gasteiger charge is 2.54. The molecule has 0 heterocycles. The summed E-state index contributed by atoms with van der Waals surface area (Å²) in [6, 6.07) is 0.